The number of hydrogen-bond donors (Lipinski definition) is 2. The fourth-order valence-corrected chi connectivity index (χ4v) is 1.93. The fraction of sp³-hybridized carbons (Fsp3) is 0.667. The Morgan fingerprint density at radius 1 is 1.43 bits per heavy atom. The molecule has 0 aromatic carbocycles. The SMILES string of the molecule is CCNC(=NCC(c1ccco1)N(C)C)NCCCOC. The van der Waals surface area contributed by atoms with Crippen molar-refractivity contribution < 1.29 is 9.15 Å². The molecule has 1 rings (SSSR count). The number of guanidine groups is 1. The van der Waals surface area contributed by atoms with E-state index in [4.69, 9.17) is 9.15 Å². The summed E-state index contributed by atoms with van der Waals surface area (Å²) in [6.45, 7) is 5.12. The molecule has 0 aliphatic carbocycles. The predicted molar refractivity (Wildman–Crippen MR) is 85.6 cm³/mol. The number of nitrogens with one attached hydrogen (secondary N) is 2. The lowest BCUT2D eigenvalue weighted by Crippen LogP contribution is -2.38. The van der Waals surface area contributed by atoms with Crippen LogP contribution < -0.4 is 10.6 Å². The maximum absolute atomic E-state index is 5.49. The van der Waals surface area contributed by atoms with Crippen LogP contribution in [0.25, 0.3) is 0 Å². The first kappa shape index (κ1) is 17.5. The first-order chi connectivity index (χ1) is 10.2. The molecule has 0 radical (unpaired) electrons. The van der Waals surface area contributed by atoms with E-state index in [9.17, 15) is 0 Å². The van der Waals surface area contributed by atoms with Gasteiger partial charge in [-0.2, -0.15) is 0 Å². The van der Waals surface area contributed by atoms with Crippen LogP contribution in [0.2, 0.25) is 0 Å². The molecule has 0 saturated carbocycles. The molecule has 0 aliphatic heterocycles. The molecule has 6 nitrogen and oxygen atoms in total. The molecule has 1 aromatic heterocycles. The normalized spacial score (nSPS) is 13.5. The van der Waals surface area contributed by atoms with E-state index in [1.807, 2.05) is 26.2 Å². The summed E-state index contributed by atoms with van der Waals surface area (Å²) in [7, 11) is 5.77. The average Bonchev–Trinajstić information content (AvgIpc) is 2.97. The third-order valence-electron chi connectivity index (χ3n) is 3.08. The van der Waals surface area contributed by atoms with Crippen molar-refractivity contribution >= 4 is 5.96 Å². The van der Waals surface area contributed by atoms with Crippen molar-refractivity contribution in [2.75, 3.05) is 47.4 Å². The molecule has 1 heterocycles. The van der Waals surface area contributed by atoms with Gasteiger partial charge in [0.05, 0.1) is 18.8 Å². The van der Waals surface area contributed by atoms with Crippen LogP contribution in [-0.2, 0) is 4.74 Å². The number of likely N-dealkylation sites (N-methyl/N-ethyl adjacent to an activating group) is 1. The summed E-state index contributed by atoms with van der Waals surface area (Å²) in [6, 6.07) is 4.03. The maximum atomic E-state index is 5.49. The van der Waals surface area contributed by atoms with E-state index >= 15 is 0 Å². The lowest BCUT2D eigenvalue weighted by molar-refractivity contribution is 0.195. The van der Waals surface area contributed by atoms with Crippen LogP contribution in [0.1, 0.15) is 25.1 Å². The first-order valence-corrected chi connectivity index (χ1v) is 7.40. The lowest BCUT2D eigenvalue weighted by Gasteiger charge is -2.21. The standard InChI is InChI=1S/C15H28N4O2/c1-5-16-15(17-9-7-10-20-4)18-12-13(19(2)3)14-8-6-11-21-14/h6,8,11,13H,5,7,9-10,12H2,1-4H3,(H2,16,17,18). The Labute approximate surface area is 127 Å². The number of aliphatic imine (C=N–C) groups is 1. The first-order valence-electron chi connectivity index (χ1n) is 7.40. The Morgan fingerprint density at radius 3 is 2.81 bits per heavy atom. The van der Waals surface area contributed by atoms with Crippen LogP contribution in [0.4, 0.5) is 0 Å². The molecule has 0 bridgehead atoms. The molecule has 120 valence electrons. The van der Waals surface area contributed by atoms with Gasteiger partial charge in [0.1, 0.15) is 5.76 Å². The minimum absolute atomic E-state index is 0.134. The molecule has 1 unspecified atom stereocenters. The zero-order chi connectivity index (χ0) is 15.5. The second-order valence-electron chi connectivity index (χ2n) is 4.99. The monoisotopic (exact) mass is 296 g/mol. The van der Waals surface area contributed by atoms with Crippen LogP contribution in [0, 0.1) is 0 Å². The molecule has 0 amide bonds. The van der Waals surface area contributed by atoms with Gasteiger partial charge in [0.25, 0.3) is 0 Å². The van der Waals surface area contributed by atoms with Crippen LogP contribution in [0.15, 0.2) is 27.8 Å². The second kappa shape index (κ2) is 10.2. The summed E-state index contributed by atoms with van der Waals surface area (Å²) < 4.78 is 10.5. The van der Waals surface area contributed by atoms with Crippen LogP contribution >= 0.6 is 0 Å². The van der Waals surface area contributed by atoms with Gasteiger partial charge in [0, 0.05) is 26.8 Å². The minimum atomic E-state index is 0.134. The van der Waals surface area contributed by atoms with Crippen molar-refractivity contribution in [2.45, 2.75) is 19.4 Å². The van der Waals surface area contributed by atoms with Crippen LogP contribution in [-0.4, -0.2) is 58.3 Å². The van der Waals surface area contributed by atoms with Crippen LogP contribution in [0.3, 0.4) is 0 Å². The molecule has 1 atom stereocenters. The number of rotatable bonds is 9. The molecule has 0 spiro atoms. The van der Waals surface area contributed by atoms with Gasteiger partial charge < -0.3 is 19.8 Å². The lowest BCUT2D eigenvalue weighted by atomic mass is 10.2. The molecule has 0 aliphatic rings. The summed E-state index contributed by atoms with van der Waals surface area (Å²) in [4.78, 5) is 6.75. The van der Waals surface area contributed by atoms with E-state index in [1.54, 1.807) is 13.4 Å². The molecule has 21 heavy (non-hydrogen) atoms. The Balaban J connectivity index is 2.57. The average molecular weight is 296 g/mol. The van der Waals surface area contributed by atoms with E-state index in [0.29, 0.717) is 6.54 Å². The summed E-state index contributed by atoms with van der Waals surface area (Å²) in [5, 5.41) is 6.55. The van der Waals surface area contributed by atoms with Gasteiger partial charge in [0.15, 0.2) is 5.96 Å². The smallest absolute Gasteiger partial charge is 0.191 e. The highest BCUT2D eigenvalue weighted by Gasteiger charge is 2.16. The van der Waals surface area contributed by atoms with Gasteiger partial charge in [0.2, 0.25) is 0 Å². The van der Waals surface area contributed by atoms with Crippen molar-refractivity contribution in [3.63, 3.8) is 0 Å². The Kier molecular flexibility index (Phi) is 8.54. The highest BCUT2D eigenvalue weighted by Crippen LogP contribution is 2.18. The van der Waals surface area contributed by atoms with E-state index in [2.05, 4.69) is 27.4 Å². The quantitative estimate of drug-likeness (QED) is 0.410. The van der Waals surface area contributed by atoms with E-state index < -0.39 is 0 Å². The predicted octanol–water partition coefficient (Wildman–Crippen LogP) is 1.47. The van der Waals surface area contributed by atoms with Gasteiger partial charge in [-0.25, -0.2) is 0 Å². The van der Waals surface area contributed by atoms with E-state index in [0.717, 1.165) is 37.8 Å². The number of methoxy groups -OCH3 is 1. The molecule has 1 aromatic rings. The summed E-state index contributed by atoms with van der Waals surface area (Å²) in [5.74, 6) is 1.76. The zero-order valence-electron chi connectivity index (χ0n) is 13.6. The molecular weight excluding hydrogens is 268 g/mol. The van der Waals surface area contributed by atoms with Gasteiger partial charge >= 0.3 is 0 Å². The topological polar surface area (TPSA) is 62.0 Å². The third kappa shape index (κ3) is 6.64. The molecule has 0 saturated heterocycles. The van der Waals surface area contributed by atoms with Gasteiger partial charge in [-0.05, 0) is 39.6 Å². The Bertz CT molecular complexity index is 390. The zero-order valence-corrected chi connectivity index (χ0v) is 13.6. The number of furan rings is 1. The maximum Gasteiger partial charge on any atom is 0.191 e. The second-order valence-corrected chi connectivity index (χ2v) is 4.99. The number of ether oxygens (including phenoxy) is 1. The Hall–Kier alpha value is -1.53. The van der Waals surface area contributed by atoms with Gasteiger partial charge in [-0.3, -0.25) is 9.89 Å². The summed E-state index contributed by atoms with van der Waals surface area (Å²) >= 11 is 0. The van der Waals surface area contributed by atoms with Crippen molar-refractivity contribution in [1.29, 1.82) is 0 Å². The summed E-state index contributed by atoms with van der Waals surface area (Å²) in [5.41, 5.74) is 0. The number of nitrogens with zero attached hydrogens (tertiary/aromatic N) is 2. The highest BCUT2D eigenvalue weighted by molar-refractivity contribution is 5.79. The molecule has 0 fully saturated rings. The fourth-order valence-electron chi connectivity index (χ4n) is 1.93. The molecule has 6 heteroatoms. The van der Waals surface area contributed by atoms with E-state index in [1.165, 1.54) is 0 Å². The van der Waals surface area contributed by atoms with Crippen molar-refractivity contribution in [3.8, 4) is 0 Å². The van der Waals surface area contributed by atoms with Crippen molar-refractivity contribution in [1.82, 2.24) is 15.5 Å². The highest BCUT2D eigenvalue weighted by atomic mass is 16.5. The number of hydrogen-bond acceptors (Lipinski definition) is 4. The van der Waals surface area contributed by atoms with Gasteiger partial charge in [-0.1, -0.05) is 0 Å². The molecule has 2 N–H and O–H groups in total. The minimum Gasteiger partial charge on any atom is -0.468 e. The Morgan fingerprint density at radius 2 is 2.24 bits per heavy atom. The summed E-state index contributed by atoms with van der Waals surface area (Å²) in [6.07, 6.45) is 2.65. The van der Waals surface area contributed by atoms with Crippen molar-refractivity contribution in [2.24, 2.45) is 4.99 Å². The van der Waals surface area contributed by atoms with E-state index in [-0.39, 0.29) is 6.04 Å². The molecular formula is C15H28N4O2. The van der Waals surface area contributed by atoms with Gasteiger partial charge in [-0.15, -0.1) is 0 Å². The largest absolute Gasteiger partial charge is 0.468 e. The van der Waals surface area contributed by atoms with Crippen LogP contribution in [0.5, 0.6) is 0 Å². The third-order valence-corrected chi connectivity index (χ3v) is 3.08. The van der Waals surface area contributed by atoms with Crippen molar-refractivity contribution in [3.05, 3.63) is 24.2 Å².